The number of urea groups is 1. The number of hydrogen-bond acceptors (Lipinski definition) is 6. The maximum absolute atomic E-state index is 12.9. The van der Waals surface area contributed by atoms with Gasteiger partial charge in [0.25, 0.3) is 5.89 Å². The zero-order valence-electron chi connectivity index (χ0n) is 21.0. The molecular weight excluding hydrogens is 454 g/mol. The van der Waals surface area contributed by atoms with Gasteiger partial charge in [-0.05, 0) is 74.8 Å². The molecule has 0 spiro atoms. The van der Waals surface area contributed by atoms with Gasteiger partial charge in [0.1, 0.15) is 11.8 Å². The highest BCUT2D eigenvalue weighted by Gasteiger charge is 2.30. The van der Waals surface area contributed by atoms with E-state index in [0.717, 1.165) is 49.0 Å². The summed E-state index contributed by atoms with van der Waals surface area (Å²) in [6.45, 7) is 7.67. The minimum absolute atomic E-state index is 0.0184. The van der Waals surface area contributed by atoms with Crippen molar-refractivity contribution in [1.82, 2.24) is 20.4 Å². The number of amides is 2. The van der Waals surface area contributed by atoms with Crippen LogP contribution < -0.4 is 10.1 Å². The van der Waals surface area contributed by atoms with Crippen molar-refractivity contribution in [2.75, 3.05) is 13.1 Å². The Balaban J connectivity index is 1.36. The molecule has 1 saturated heterocycles. The van der Waals surface area contributed by atoms with Crippen molar-refractivity contribution in [1.29, 1.82) is 5.26 Å². The number of piperidine rings is 1. The summed E-state index contributed by atoms with van der Waals surface area (Å²) in [5.41, 5.74) is 4.24. The fourth-order valence-electron chi connectivity index (χ4n) is 5.19. The van der Waals surface area contributed by atoms with Crippen LogP contribution in [0.1, 0.15) is 62.8 Å². The molecule has 0 bridgehead atoms. The average Bonchev–Trinajstić information content (AvgIpc) is 3.52. The van der Waals surface area contributed by atoms with Gasteiger partial charge < -0.3 is 19.5 Å². The van der Waals surface area contributed by atoms with Crippen molar-refractivity contribution in [3.05, 3.63) is 53.1 Å². The number of ether oxygens (including phenoxy) is 1. The molecule has 36 heavy (non-hydrogen) atoms. The van der Waals surface area contributed by atoms with Gasteiger partial charge in [0.2, 0.25) is 5.82 Å². The van der Waals surface area contributed by atoms with E-state index in [9.17, 15) is 10.1 Å². The molecule has 2 amide bonds. The molecule has 1 aliphatic carbocycles. The summed E-state index contributed by atoms with van der Waals surface area (Å²) >= 11 is 0. The lowest BCUT2D eigenvalue weighted by atomic mass is 10.0. The smallest absolute Gasteiger partial charge is 0.317 e. The molecule has 1 aliphatic heterocycles. The molecule has 5 rings (SSSR count). The van der Waals surface area contributed by atoms with Crippen LogP contribution >= 0.6 is 0 Å². The van der Waals surface area contributed by atoms with Crippen molar-refractivity contribution in [3.8, 4) is 34.7 Å². The molecule has 1 N–H and O–H groups in total. The quantitative estimate of drug-likeness (QED) is 0.512. The summed E-state index contributed by atoms with van der Waals surface area (Å²) in [5, 5.41) is 17.0. The topological polar surface area (TPSA) is 104 Å². The summed E-state index contributed by atoms with van der Waals surface area (Å²) < 4.78 is 11.3. The molecule has 2 atom stereocenters. The predicted octanol–water partition coefficient (Wildman–Crippen LogP) is 5.49. The molecule has 8 heteroatoms. The Morgan fingerprint density at radius 2 is 2.14 bits per heavy atom. The standard InChI is InChI=1S/C28H31N5O3/c1-17(2)35-25-12-9-19(14-20(25)15-29)27-31-26(32-36-27)23-8-4-7-22-21(23)10-11-24(22)30-28(34)33-13-5-6-18(3)16-33/h4,7-9,12,14,17-18,24H,5-6,10-11,13,16H2,1-3H3,(H,30,34)/t18-,24-/m1/s1. The van der Waals surface area contributed by atoms with Crippen LogP contribution in [0.5, 0.6) is 5.75 Å². The number of rotatable bonds is 5. The van der Waals surface area contributed by atoms with Gasteiger partial charge in [0.05, 0.1) is 17.7 Å². The van der Waals surface area contributed by atoms with E-state index in [1.165, 1.54) is 6.42 Å². The molecule has 1 fully saturated rings. The van der Waals surface area contributed by atoms with Crippen LogP contribution in [0.2, 0.25) is 0 Å². The predicted molar refractivity (Wildman–Crippen MR) is 135 cm³/mol. The molecule has 0 radical (unpaired) electrons. The second-order valence-corrected chi connectivity index (χ2v) is 10.0. The molecular formula is C28H31N5O3. The summed E-state index contributed by atoms with van der Waals surface area (Å²) in [7, 11) is 0. The van der Waals surface area contributed by atoms with Crippen molar-refractivity contribution in [2.24, 2.45) is 5.92 Å². The van der Waals surface area contributed by atoms with E-state index >= 15 is 0 Å². The number of aromatic nitrogens is 2. The Kier molecular flexibility index (Phi) is 6.64. The molecule has 2 aliphatic rings. The van der Waals surface area contributed by atoms with E-state index in [2.05, 4.69) is 34.5 Å². The van der Waals surface area contributed by atoms with E-state index in [4.69, 9.17) is 9.26 Å². The first kappa shape index (κ1) is 23.9. The highest BCUT2D eigenvalue weighted by atomic mass is 16.5. The number of fused-ring (bicyclic) bond motifs is 1. The van der Waals surface area contributed by atoms with E-state index in [1.807, 2.05) is 36.9 Å². The van der Waals surface area contributed by atoms with Gasteiger partial charge in [-0.3, -0.25) is 0 Å². The molecule has 0 unspecified atom stereocenters. The lowest BCUT2D eigenvalue weighted by molar-refractivity contribution is 0.166. The number of likely N-dealkylation sites (tertiary alicyclic amines) is 1. The van der Waals surface area contributed by atoms with E-state index in [-0.39, 0.29) is 18.2 Å². The summed E-state index contributed by atoms with van der Waals surface area (Å²) in [6.07, 6.45) is 3.88. The monoisotopic (exact) mass is 485 g/mol. The van der Waals surface area contributed by atoms with Gasteiger partial charge in [-0.25, -0.2) is 4.79 Å². The third-order valence-electron chi connectivity index (χ3n) is 6.89. The normalized spacial score (nSPS) is 19.1. The maximum Gasteiger partial charge on any atom is 0.317 e. The highest BCUT2D eigenvalue weighted by molar-refractivity contribution is 5.76. The Hall–Kier alpha value is -3.86. The third kappa shape index (κ3) is 4.78. The second kappa shape index (κ2) is 10.0. The van der Waals surface area contributed by atoms with Crippen molar-refractivity contribution >= 4 is 6.03 Å². The zero-order chi connectivity index (χ0) is 25.2. The molecule has 186 valence electrons. The van der Waals surface area contributed by atoms with Crippen LogP contribution in [0.15, 0.2) is 40.9 Å². The first-order chi connectivity index (χ1) is 17.4. The minimum atomic E-state index is -0.0323. The number of hydrogen-bond donors (Lipinski definition) is 1. The van der Waals surface area contributed by atoms with Crippen molar-refractivity contribution < 1.29 is 14.1 Å². The van der Waals surface area contributed by atoms with Crippen LogP contribution in [0.3, 0.4) is 0 Å². The zero-order valence-corrected chi connectivity index (χ0v) is 21.0. The molecule has 2 heterocycles. The fourth-order valence-corrected chi connectivity index (χ4v) is 5.19. The molecule has 8 nitrogen and oxygen atoms in total. The van der Waals surface area contributed by atoms with E-state index in [1.54, 1.807) is 12.1 Å². The number of nitrogens with zero attached hydrogens (tertiary/aromatic N) is 4. The maximum atomic E-state index is 12.9. The number of carbonyl (C=O) groups excluding carboxylic acids is 1. The van der Waals surface area contributed by atoms with Crippen molar-refractivity contribution in [3.63, 3.8) is 0 Å². The average molecular weight is 486 g/mol. The first-order valence-corrected chi connectivity index (χ1v) is 12.7. The van der Waals surface area contributed by atoms with Gasteiger partial charge in [0.15, 0.2) is 0 Å². The van der Waals surface area contributed by atoms with Crippen LogP contribution in [0, 0.1) is 17.2 Å². The number of nitrogens with one attached hydrogen (secondary N) is 1. The highest BCUT2D eigenvalue weighted by Crippen LogP contribution is 2.38. The fraction of sp³-hybridized carbons (Fsp3) is 0.429. The minimum Gasteiger partial charge on any atom is -0.490 e. The van der Waals surface area contributed by atoms with Crippen LogP contribution in [0.25, 0.3) is 22.8 Å². The van der Waals surface area contributed by atoms with Crippen LogP contribution in [-0.2, 0) is 6.42 Å². The van der Waals surface area contributed by atoms with Crippen LogP contribution in [0.4, 0.5) is 4.79 Å². The van der Waals surface area contributed by atoms with Gasteiger partial charge in [0, 0.05) is 24.2 Å². The van der Waals surface area contributed by atoms with Crippen LogP contribution in [-0.4, -0.2) is 40.3 Å². The lowest BCUT2D eigenvalue weighted by Gasteiger charge is -2.32. The van der Waals surface area contributed by atoms with Gasteiger partial charge in [-0.1, -0.05) is 30.3 Å². The molecule has 0 saturated carbocycles. The summed E-state index contributed by atoms with van der Waals surface area (Å²) in [4.78, 5) is 19.5. The molecule has 3 aromatic rings. The number of benzene rings is 2. The Morgan fingerprint density at radius 1 is 1.28 bits per heavy atom. The van der Waals surface area contributed by atoms with E-state index < -0.39 is 0 Å². The second-order valence-electron chi connectivity index (χ2n) is 10.0. The summed E-state index contributed by atoms with van der Waals surface area (Å²) in [5.74, 6) is 1.92. The third-order valence-corrected chi connectivity index (χ3v) is 6.89. The molecule has 1 aromatic heterocycles. The van der Waals surface area contributed by atoms with E-state index in [0.29, 0.717) is 34.5 Å². The Morgan fingerprint density at radius 3 is 2.92 bits per heavy atom. The largest absolute Gasteiger partial charge is 0.490 e. The Bertz CT molecular complexity index is 1310. The van der Waals surface area contributed by atoms with Gasteiger partial charge >= 0.3 is 6.03 Å². The molecule has 2 aromatic carbocycles. The van der Waals surface area contributed by atoms with Crippen molar-refractivity contribution in [2.45, 2.75) is 58.6 Å². The lowest BCUT2D eigenvalue weighted by Crippen LogP contribution is -2.45. The SMILES string of the molecule is CC(C)Oc1ccc(-c2nc(-c3cccc4c3CC[C@H]4NC(=O)N3CCC[C@@H](C)C3)no2)cc1C#N. The van der Waals surface area contributed by atoms with Gasteiger partial charge in [-0.2, -0.15) is 10.2 Å². The van der Waals surface area contributed by atoms with Gasteiger partial charge in [-0.15, -0.1) is 0 Å². The number of carbonyl (C=O) groups is 1. The first-order valence-electron chi connectivity index (χ1n) is 12.7. The summed E-state index contributed by atoms with van der Waals surface area (Å²) in [6, 6.07) is 13.5. The number of nitriles is 1. The Labute approximate surface area is 211 Å².